The van der Waals surface area contributed by atoms with Gasteiger partial charge in [-0.3, -0.25) is 15.6 Å². The summed E-state index contributed by atoms with van der Waals surface area (Å²) in [6.07, 6.45) is 1.19. The molecule has 1 heterocycles. The number of benzene rings is 2. The molecule has 0 aliphatic heterocycles. The Labute approximate surface area is 158 Å². The Morgan fingerprint density at radius 1 is 1.04 bits per heavy atom. The lowest BCUT2D eigenvalue weighted by atomic mass is 10.3. The maximum Gasteiger partial charge on any atom is 0.276 e. The van der Waals surface area contributed by atoms with Crippen molar-refractivity contribution in [3.05, 3.63) is 66.5 Å². The Hall–Kier alpha value is -3.95. The van der Waals surface area contributed by atoms with Crippen LogP contribution in [-0.2, 0) is 4.79 Å². The minimum absolute atomic E-state index is 0.0662. The van der Waals surface area contributed by atoms with E-state index in [-0.39, 0.29) is 29.6 Å². The fourth-order valence-electron chi connectivity index (χ4n) is 2.14. The second-order valence-corrected chi connectivity index (χ2v) is 5.51. The minimum Gasteiger partial charge on any atom is -0.484 e. The highest BCUT2D eigenvalue weighted by atomic mass is 19.2. The SMILES string of the molecule is Nc1c(NNC(=O)COc2ccccc2)ncnc1Nc1ccc(F)c(F)c1. The highest BCUT2D eigenvalue weighted by molar-refractivity contribution is 5.82. The predicted octanol–water partition coefficient (Wildman–Crippen LogP) is 2.60. The van der Waals surface area contributed by atoms with Gasteiger partial charge >= 0.3 is 0 Å². The highest BCUT2D eigenvalue weighted by Gasteiger charge is 2.11. The number of nitrogens with two attached hydrogens (primary N) is 1. The van der Waals surface area contributed by atoms with Crippen molar-refractivity contribution in [1.82, 2.24) is 15.4 Å². The van der Waals surface area contributed by atoms with E-state index in [2.05, 4.69) is 26.1 Å². The Bertz CT molecular complexity index is 972. The first-order chi connectivity index (χ1) is 13.5. The third kappa shape index (κ3) is 4.81. The average molecular weight is 386 g/mol. The molecule has 0 spiro atoms. The van der Waals surface area contributed by atoms with Gasteiger partial charge in [0.15, 0.2) is 29.9 Å². The number of carbonyl (C=O) groups is 1. The quantitative estimate of drug-likeness (QED) is 0.462. The van der Waals surface area contributed by atoms with Crippen molar-refractivity contribution < 1.29 is 18.3 Å². The Balaban J connectivity index is 1.59. The predicted molar refractivity (Wildman–Crippen MR) is 99.8 cm³/mol. The van der Waals surface area contributed by atoms with E-state index in [9.17, 15) is 13.6 Å². The van der Waals surface area contributed by atoms with Gasteiger partial charge in [0, 0.05) is 11.8 Å². The molecule has 0 fully saturated rings. The van der Waals surface area contributed by atoms with Crippen LogP contribution in [0.5, 0.6) is 5.75 Å². The molecule has 0 aliphatic rings. The summed E-state index contributed by atoms with van der Waals surface area (Å²) >= 11 is 0. The molecule has 28 heavy (non-hydrogen) atoms. The Morgan fingerprint density at radius 3 is 2.54 bits per heavy atom. The molecule has 3 rings (SSSR count). The standard InChI is InChI=1S/C18H16F2N6O2/c19-13-7-6-11(8-14(13)20)24-17-16(21)18(23-10-22-17)26-25-15(27)9-28-12-4-2-1-3-5-12/h1-8,10H,9,21H2,(H,25,27)(H2,22,23,24,26). The average Bonchev–Trinajstić information content (AvgIpc) is 2.70. The van der Waals surface area contributed by atoms with E-state index in [4.69, 9.17) is 10.5 Å². The van der Waals surface area contributed by atoms with E-state index in [0.717, 1.165) is 12.1 Å². The number of nitrogens with zero attached hydrogens (tertiary/aromatic N) is 2. The van der Waals surface area contributed by atoms with Crippen LogP contribution in [0.4, 0.5) is 31.8 Å². The van der Waals surface area contributed by atoms with Gasteiger partial charge in [0.1, 0.15) is 17.8 Å². The number of hydrogen-bond donors (Lipinski definition) is 4. The smallest absolute Gasteiger partial charge is 0.276 e. The van der Waals surface area contributed by atoms with E-state index in [1.54, 1.807) is 24.3 Å². The van der Waals surface area contributed by atoms with Crippen LogP contribution in [0, 0.1) is 11.6 Å². The molecule has 10 heteroatoms. The number of para-hydroxylation sites is 1. The second-order valence-electron chi connectivity index (χ2n) is 5.51. The number of amides is 1. The largest absolute Gasteiger partial charge is 0.484 e. The van der Waals surface area contributed by atoms with Crippen molar-refractivity contribution in [2.24, 2.45) is 0 Å². The molecule has 0 atom stereocenters. The molecule has 0 bridgehead atoms. The third-order valence-electron chi connectivity index (χ3n) is 3.50. The van der Waals surface area contributed by atoms with Crippen molar-refractivity contribution in [3.8, 4) is 5.75 Å². The lowest BCUT2D eigenvalue weighted by Gasteiger charge is -2.13. The fraction of sp³-hybridized carbons (Fsp3) is 0.0556. The molecular weight excluding hydrogens is 370 g/mol. The van der Waals surface area contributed by atoms with Gasteiger partial charge in [-0.15, -0.1) is 0 Å². The van der Waals surface area contributed by atoms with Crippen LogP contribution in [-0.4, -0.2) is 22.5 Å². The van der Waals surface area contributed by atoms with Crippen molar-refractivity contribution >= 4 is 28.9 Å². The van der Waals surface area contributed by atoms with Gasteiger partial charge in [0.2, 0.25) is 0 Å². The Kier molecular flexibility index (Phi) is 5.80. The molecule has 0 saturated heterocycles. The van der Waals surface area contributed by atoms with Crippen LogP contribution in [0.3, 0.4) is 0 Å². The van der Waals surface area contributed by atoms with Crippen LogP contribution in [0.15, 0.2) is 54.9 Å². The molecule has 0 radical (unpaired) electrons. The van der Waals surface area contributed by atoms with Crippen LogP contribution in [0.25, 0.3) is 0 Å². The van der Waals surface area contributed by atoms with Crippen LogP contribution < -0.4 is 26.6 Å². The van der Waals surface area contributed by atoms with Crippen molar-refractivity contribution in [3.63, 3.8) is 0 Å². The second kappa shape index (κ2) is 8.62. The van der Waals surface area contributed by atoms with Crippen molar-refractivity contribution in [2.45, 2.75) is 0 Å². The maximum absolute atomic E-state index is 13.3. The van der Waals surface area contributed by atoms with E-state index in [0.29, 0.717) is 5.75 Å². The molecular formula is C18H16F2N6O2. The monoisotopic (exact) mass is 386 g/mol. The molecule has 3 aromatic rings. The zero-order valence-electron chi connectivity index (χ0n) is 14.4. The number of ether oxygens (including phenoxy) is 1. The van der Waals surface area contributed by atoms with Gasteiger partial charge in [0.05, 0.1) is 0 Å². The Morgan fingerprint density at radius 2 is 1.79 bits per heavy atom. The van der Waals surface area contributed by atoms with E-state index in [1.165, 1.54) is 12.4 Å². The third-order valence-corrected chi connectivity index (χ3v) is 3.50. The molecule has 0 aliphatic carbocycles. The molecule has 1 amide bonds. The van der Waals surface area contributed by atoms with Gasteiger partial charge in [0.25, 0.3) is 5.91 Å². The molecule has 1 aromatic heterocycles. The van der Waals surface area contributed by atoms with E-state index in [1.807, 2.05) is 6.07 Å². The van der Waals surface area contributed by atoms with Crippen LogP contribution in [0.1, 0.15) is 0 Å². The number of aromatic nitrogens is 2. The summed E-state index contributed by atoms with van der Waals surface area (Å²) in [4.78, 5) is 19.7. The zero-order chi connectivity index (χ0) is 19.9. The highest BCUT2D eigenvalue weighted by Crippen LogP contribution is 2.26. The number of hydrazine groups is 1. The van der Waals surface area contributed by atoms with Gasteiger partial charge in [-0.2, -0.15) is 0 Å². The molecule has 0 unspecified atom stereocenters. The fourth-order valence-corrected chi connectivity index (χ4v) is 2.14. The molecule has 8 nitrogen and oxygen atoms in total. The summed E-state index contributed by atoms with van der Waals surface area (Å²) in [5.74, 6) is -1.62. The van der Waals surface area contributed by atoms with E-state index < -0.39 is 17.5 Å². The summed E-state index contributed by atoms with van der Waals surface area (Å²) < 4.78 is 31.6. The number of carbonyl (C=O) groups excluding carboxylic acids is 1. The summed E-state index contributed by atoms with van der Waals surface area (Å²) in [6.45, 7) is -0.220. The van der Waals surface area contributed by atoms with Crippen LogP contribution >= 0.6 is 0 Å². The first-order valence-corrected chi connectivity index (χ1v) is 8.08. The van der Waals surface area contributed by atoms with Gasteiger partial charge < -0.3 is 15.8 Å². The first kappa shape index (κ1) is 18.8. The summed E-state index contributed by atoms with van der Waals surface area (Å²) in [5.41, 5.74) is 11.2. The molecule has 2 aromatic carbocycles. The zero-order valence-corrected chi connectivity index (χ0v) is 14.4. The summed E-state index contributed by atoms with van der Waals surface area (Å²) in [5, 5.41) is 2.75. The van der Waals surface area contributed by atoms with Gasteiger partial charge in [-0.25, -0.2) is 18.7 Å². The van der Waals surface area contributed by atoms with Crippen molar-refractivity contribution in [2.75, 3.05) is 23.1 Å². The molecule has 0 saturated carbocycles. The topological polar surface area (TPSA) is 114 Å². The van der Waals surface area contributed by atoms with E-state index >= 15 is 0 Å². The molecule has 144 valence electrons. The maximum atomic E-state index is 13.3. The van der Waals surface area contributed by atoms with Crippen molar-refractivity contribution in [1.29, 1.82) is 0 Å². The summed E-state index contributed by atoms with van der Waals surface area (Å²) in [7, 11) is 0. The summed E-state index contributed by atoms with van der Waals surface area (Å²) in [6, 6.07) is 12.1. The first-order valence-electron chi connectivity index (χ1n) is 8.08. The molecule has 5 N–H and O–H groups in total. The minimum atomic E-state index is -1.01. The van der Waals surface area contributed by atoms with Gasteiger partial charge in [-0.05, 0) is 24.3 Å². The van der Waals surface area contributed by atoms with Crippen LogP contribution in [0.2, 0.25) is 0 Å². The number of hydrogen-bond acceptors (Lipinski definition) is 7. The lowest BCUT2D eigenvalue weighted by Crippen LogP contribution is -2.34. The number of halogens is 2. The number of anilines is 4. The number of nitrogen functional groups attached to an aromatic ring is 1. The number of nitrogens with one attached hydrogen (secondary N) is 3. The number of rotatable bonds is 7. The normalized spacial score (nSPS) is 10.2. The lowest BCUT2D eigenvalue weighted by molar-refractivity contribution is -0.122. The van der Waals surface area contributed by atoms with Gasteiger partial charge in [-0.1, -0.05) is 18.2 Å².